The van der Waals surface area contributed by atoms with Gasteiger partial charge < -0.3 is 20.1 Å². The molecule has 0 bridgehead atoms. The number of hydrogen-bond donors (Lipinski definition) is 3. The maximum atomic E-state index is 14.8. The highest BCUT2D eigenvalue weighted by Crippen LogP contribution is 2.35. The summed E-state index contributed by atoms with van der Waals surface area (Å²) in [5, 5.41) is 12.8. The Hall–Kier alpha value is -4.99. The average molecular weight is 474 g/mol. The van der Waals surface area contributed by atoms with Gasteiger partial charge in [0.25, 0.3) is 11.5 Å². The van der Waals surface area contributed by atoms with Crippen LogP contribution in [0.5, 0.6) is 17.2 Å². The molecular weight excluding hydrogens is 458 g/mol. The van der Waals surface area contributed by atoms with Gasteiger partial charge in [0, 0.05) is 42.1 Å². The normalized spacial score (nSPS) is 10.9. The number of aromatic amines is 1. The molecule has 0 atom stereocenters. The second-order valence-electron chi connectivity index (χ2n) is 7.48. The van der Waals surface area contributed by atoms with Crippen molar-refractivity contribution in [1.82, 2.24) is 14.5 Å². The van der Waals surface area contributed by atoms with Crippen molar-refractivity contribution in [3.05, 3.63) is 107 Å². The average Bonchev–Trinajstić information content (AvgIpc) is 3.23. The molecule has 10 heteroatoms. The van der Waals surface area contributed by atoms with Crippen LogP contribution in [0, 0.1) is 11.6 Å². The summed E-state index contributed by atoms with van der Waals surface area (Å²) in [4.78, 5) is 32.4. The highest BCUT2D eigenvalue weighted by Gasteiger charge is 2.16. The van der Waals surface area contributed by atoms with E-state index < -0.39 is 23.1 Å². The summed E-state index contributed by atoms with van der Waals surface area (Å²) in [5.41, 5.74) is 0.0567. The van der Waals surface area contributed by atoms with E-state index in [1.807, 2.05) is 0 Å². The van der Waals surface area contributed by atoms with E-state index in [9.17, 15) is 23.5 Å². The van der Waals surface area contributed by atoms with Gasteiger partial charge in [-0.05, 0) is 48.5 Å². The number of benzene rings is 2. The maximum Gasteiger partial charge on any atom is 0.267 e. The van der Waals surface area contributed by atoms with E-state index in [0.717, 1.165) is 6.07 Å². The first-order valence-electron chi connectivity index (χ1n) is 10.3. The number of amides is 1. The van der Waals surface area contributed by atoms with Crippen LogP contribution in [0.2, 0.25) is 0 Å². The predicted octanol–water partition coefficient (Wildman–Crippen LogP) is 4.74. The number of carbonyl (C=O) groups excluding carboxylic acids is 1. The molecule has 3 aromatic heterocycles. The number of fused-ring (bicyclic) bond motifs is 1. The maximum absolute atomic E-state index is 14.8. The standard InChI is InChI=1S/C25H16F2N4O4/c26-14-3-6-16(7-4-14)31-11-1-2-17(25(31)34)24(33)30-15-5-8-20(18(27)12-15)35-21-9-10-28-23-22(21)19(32)13-29-23/h1-13,32H,(H,28,29)(H,30,33). The third-order valence-corrected chi connectivity index (χ3v) is 5.22. The minimum atomic E-state index is -0.778. The van der Waals surface area contributed by atoms with Gasteiger partial charge in [-0.15, -0.1) is 0 Å². The van der Waals surface area contributed by atoms with E-state index >= 15 is 0 Å². The molecule has 0 aliphatic heterocycles. The van der Waals surface area contributed by atoms with Gasteiger partial charge in [0.05, 0.1) is 0 Å². The number of pyridine rings is 2. The molecule has 0 unspecified atom stereocenters. The molecule has 0 fully saturated rings. The number of rotatable bonds is 5. The zero-order valence-electron chi connectivity index (χ0n) is 17.8. The Bertz CT molecular complexity index is 1630. The molecule has 0 saturated heterocycles. The molecule has 0 radical (unpaired) electrons. The smallest absolute Gasteiger partial charge is 0.267 e. The van der Waals surface area contributed by atoms with Gasteiger partial charge in [-0.3, -0.25) is 14.2 Å². The van der Waals surface area contributed by atoms with E-state index in [0.29, 0.717) is 16.7 Å². The zero-order chi connectivity index (χ0) is 24.5. The summed E-state index contributed by atoms with van der Waals surface area (Å²) in [7, 11) is 0. The first-order chi connectivity index (χ1) is 16.9. The molecule has 0 saturated carbocycles. The SMILES string of the molecule is O=C(Nc1ccc(Oc2ccnc3[nH]cc(O)c23)c(F)c1)c1cccn(-c2ccc(F)cc2)c1=O. The lowest BCUT2D eigenvalue weighted by Gasteiger charge is -2.11. The van der Waals surface area contributed by atoms with Crippen molar-refractivity contribution < 1.29 is 23.4 Å². The molecule has 35 heavy (non-hydrogen) atoms. The summed E-state index contributed by atoms with van der Waals surface area (Å²) in [6.45, 7) is 0. The topological polar surface area (TPSA) is 109 Å². The largest absolute Gasteiger partial charge is 0.506 e. The molecule has 0 aliphatic rings. The van der Waals surface area contributed by atoms with Crippen molar-refractivity contribution in [1.29, 1.82) is 0 Å². The number of aromatic nitrogens is 3. The highest BCUT2D eigenvalue weighted by atomic mass is 19.1. The number of nitrogens with zero attached hydrogens (tertiary/aromatic N) is 2. The van der Waals surface area contributed by atoms with Crippen molar-refractivity contribution >= 4 is 22.6 Å². The van der Waals surface area contributed by atoms with E-state index in [4.69, 9.17) is 4.74 Å². The molecule has 0 spiro atoms. The lowest BCUT2D eigenvalue weighted by molar-refractivity contribution is 0.102. The van der Waals surface area contributed by atoms with Crippen LogP contribution in [0.1, 0.15) is 10.4 Å². The summed E-state index contributed by atoms with van der Waals surface area (Å²) >= 11 is 0. The molecule has 3 heterocycles. The molecule has 5 aromatic rings. The number of hydrogen-bond acceptors (Lipinski definition) is 5. The number of halogens is 2. The third-order valence-electron chi connectivity index (χ3n) is 5.22. The second kappa shape index (κ2) is 8.75. The van der Waals surface area contributed by atoms with Crippen LogP contribution >= 0.6 is 0 Å². The quantitative estimate of drug-likeness (QED) is 0.341. The molecular formula is C25H16F2N4O4. The van der Waals surface area contributed by atoms with Gasteiger partial charge in [-0.2, -0.15) is 0 Å². The van der Waals surface area contributed by atoms with E-state index in [2.05, 4.69) is 15.3 Å². The van der Waals surface area contributed by atoms with Crippen molar-refractivity contribution in [2.24, 2.45) is 0 Å². The molecule has 5 rings (SSSR count). The number of H-pyrrole nitrogens is 1. The van der Waals surface area contributed by atoms with Crippen LogP contribution in [-0.2, 0) is 0 Å². The lowest BCUT2D eigenvalue weighted by Crippen LogP contribution is -2.27. The fourth-order valence-corrected chi connectivity index (χ4v) is 3.55. The number of anilines is 1. The van der Waals surface area contributed by atoms with Crippen LogP contribution < -0.4 is 15.6 Å². The Kier molecular flexibility index (Phi) is 5.46. The summed E-state index contributed by atoms with van der Waals surface area (Å²) in [5.74, 6) is -2.03. The van der Waals surface area contributed by atoms with E-state index in [1.165, 1.54) is 77.8 Å². The molecule has 0 aliphatic carbocycles. The Balaban J connectivity index is 1.38. The fourth-order valence-electron chi connectivity index (χ4n) is 3.55. The van der Waals surface area contributed by atoms with Crippen LogP contribution in [0.3, 0.4) is 0 Å². The Morgan fingerprint density at radius 2 is 1.86 bits per heavy atom. The van der Waals surface area contributed by atoms with E-state index in [1.54, 1.807) is 0 Å². The number of ether oxygens (including phenoxy) is 1. The zero-order valence-corrected chi connectivity index (χ0v) is 17.8. The highest BCUT2D eigenvalue weighted by molar-refractivity contribution is 6.04. The third kappa shape index (κ3) is 4.20. The van der Waals surface area contributed by atoms with Crippen molar-refractivity contribution in [3.63, 3.8) is 0 Å². The molecule has 1 amide bonds. The fraction of sp³-hybridized carbons (Fsp3) is 0. The van der Waals surface area contributed by atoms with Crippen LogP contribution in [0.15, 0.2) is 84.0 Å². The molecule has 8 nitrogen and oxygen atoms in total. The first kappa shape index (κ1) is 21.8. The minimum Gasteiger partial charge on any atom is -0.506 e. The minimum absolute atomic E-state index is 0.0958. The Morgan fingerprint density at radius 1 is 1.06 bits per heavy atom. The Morgan fingerprint density at radius 3 is 2.63 bits per heavy atom. The van der Waals surface area contributed by atoms with Gasteiger partial charge in [0.15, 0.2) is 11.6 Å². The van der Waals surface area contributed by atoms with Crippen molar-refractivity contribution in [2.45, 2.75) is 0 Å². The second-order valence-corrected chi connectivity index (χ2v) is 7.48. The predicted molar refractivity (Wildman–Crippen MR) is 124 cm³/mol. The Labute approximate surface area is 196 Å². The molecule has 2 aromatic carbocycles. The summed E-state index contributed by atoms with van der Waals surface area (Å²) in [6, 6.07) is 13.3. The van der Waals surface area contributed by atoms with Crippen LogP contribution in [-0.4, -0.2) is 25.5 Å². The van der Waals surface area contributed by atoms with Crippen molar-refractivity contribution in [2.75, 3.05) is 5.32 Å². The summed E-state index contributed by atoms with van der Waals surface area (Å²) in [6.07, 6.45) is 4.24. The van der Waals surface area contributed by atoms with Gasteiger partial charge in [-0.1, -0.05) is 0 Å². The van der Waals surface area contributed by atoms with E-state index in [-0.39, 0.29) is 28.5 Å². The van der Waals surface area contributed by atoms with Gasteiger partial charge in [-0.25, -0.2) is 13.8 Å². The van der Waals surface area contributed by atoms with Crippen LogP contribution in [0.25, 0.3) is 16.7 Å². The van der Waals surface area contributed by atoms with Crippen molar-refractivity contribution in [3.8, 4) is 22.9 Å². The number of aromatic hydroxyl groups is 1. The number of nitrogens with one attached hydrogen (secondary N) is 2. The monoisotopic (exact) mass is 474 g/mol. The van der Waals surface area contributed by atoms with Gasteiger partial charge in [0.1, 0.15) is 33.9 Å². The number of carbonyl (C=O) groups is 1. The molecule has 174 valence electrons. The summed E-state index contributed by atoms with van der Waals surface area (Å²) < 4.78 is 34.8. The molecule has 3 N–H and O–H groups in total. The lowest BCUT2D eigenvalue weighted by atomic mass is 10.2. The van der Waals surface area contributed by atoms with Gasteiger partial charge in [0.2, 0.25) is 0 Å². The van der Waals surface area contributed by atoms with Crippen LogP contribution in [0.4, 0.5) is 14.5 Å². The van der Waals surface area contributed by atoms with Gasteiger partial charge >= 0.3 is 0 Å². The first-order valence-corrected chi connectivity index (χ1v) is 10.3.